The van der Waals surface area contributed by atoms with Crippen LogP contribution in [0.4, 0.5) is 11.4 Å². The number of fused-ring (bicyclic) bond motifs is 5. The maximum atomic E-state index is 11.0. The zero-order valence-corrected chi connectivity index (χ0v) is 12.0. The SMILES string of the molecule is O=Nc1cc2c(cc1N=O)C1c3ccccc3CNC1CC2. The highest BCUT2D eigenvalue weighted by Crippen LogP contribution is 2.44. The lowest BCUT2D eigenvalue weighted by atomic mass is 9.72. The highest BCUT2D eigenvalue weighted by molar-refractivity contribution is 5.66. The van der Waals surface area contributed by atoms with Crippen LogP contribution in [-0.4, -0.2) is 6.04 Å². The number of hydrogen-bond donors (Lipinski definition) is 1. The molecule has 0 saturated heterocycles. The first-order valence-corrected chi connectivity index (χ1v) is 7.46. The van der Waals surface area contributed by atoms with E-state index >= 15 is 0 Å². The molecule has 0 aromatic heterocycles. The topological polar surface area (TPSA) is 70.9 Å². The average Bonchev–Trinajstić information content (AvgIpc) is 2.59. The summed E-state index contributed by atoms with van der Waals surface area (Å²) in [6.45, 7) is 0.874. The maximum Gasteiger partial charge on any atom is 0.137 e. The Morgan fingerprint density at radius 3 is 2.55 bits per heavy atom. The predicted molar refractivity (Wildman–Crippen MR) is 84.6 cm³/mol. The van der Waals surface area contributed by atoms with Crippen molar-refractivity contribution in [1.29, 1.82) is 0 Å². The van der Waals surface area contributed by atoms with Gasteiger partial charge in [-0.15, -0.1) is 9.81 Å². The van der Waals surface area contributed by atoms with Gasteiger partial charge in [0.1, 0.15) is 11.4 Å². The fourth-order valence-corrected chi connectivity index (χ4v) is 3.83. The van der Waals surface area contributed by atoms with E-state index in [2.05, 4.69) is 33.9 Å². The Hall–Kier alpha value is -2.40. The first-order valence-electron chi connectivity index (χ1n) is 7.46. The molecule has 2 unspecified atom stereocenters. The highest BCUT2D eigenvalue weighted by Gasteiger charge is 2.35. The van der Waals surface area contributed by atoms with Crippen LogP contribution in [0.25, 0.3) is 0 Å². The van der Waals surface area contributed by atoms with Crippen molar-refractivity contribution < 1.29 is 0 Å². The highest BCUT2D eigenvalue weighted by atomic mass is 16.3. The summed E-state index contributed by atoms with van der Waals surface area (Å²) in [5.41, 5.74) is 5.06. The third kappa shape index (κ3) is 1.89. The minimum absolute atomic E-state index is 0.137. The van der Waals surface area contributed by atoms with Crippen LogP contribution in [-0.2, 0) is 13.0 Å². The van der Waals surface area contributed by atoms with E-state index in [0.29, 0.717) is 6.04 Å². The molecule has 4 rings (SSSR count). The molecule has 2 aromatic rings. The number of nitrogens with zero attached hydrogens (tertiary/aromatic N) is 2. The van der Waals surface area contributed by atoms with Crippen LogP contribution in [0.1, 0.15) is 34.6 Å². The van der Waals surface area contributed by atoms with Gasteiger partial charge in [-0.3, -0.25) is 0 Å². The minimum Gasteiger partial charge on any atom is -0.309 e. The Balaban J connectivity index is 1.92. The predicted octanol–water partition coefficient (Wildman–Crippen LogP) is 4.03. The largest absolute Gasteiger partial charge is 0.309 e. The number of aryl methyl sites for hydroxylation is 1. The zero-order valence-electron chi connectivity index (χ0n) is 12.0. The summed E-state index contributed by atoms with van der Waals surface area (Å²) < 4.78 is 0. The van der Waals surface area contributed by atoms with Crippen LogP contribution >= 0.6 is 0 Å². The molecule has 1 aliphatic heterocycles. The molecule has 0 spiro atoms. The van der Waals surface area contributed by atoms with Crippen molar-refractivity contribution in [1.82, 2.24) is 5.32 Å². The van der Waals surface area contributed by atoms with Gasteiger partial charge in [0, 0.05) is 18.5 Å². The Morgan fingerprint density at radius 2 is 1.73 bits per heavy atom. The molecule has 2 aromatic carbocycles. The van der Waals surface area contributed by atoms with E-state index in [1.54, 1.807) is 12.1 Å². The van der Waals surface area contributed by atoms with Gasteiger partial charge in [0.05, 0.1) is 0 Å². The molecule has 110 valence electrons. The van der Waals surface area contributed by atoms with E-state index in [0.717, 1.165) is 30.5 Å². The number of rotatable bonds is 2. The van der Waals surface area contributed by atoms with E-state index in [4.69, 9.17) is 0 Å². The van der Waals surface area contributed by atoms with Gasteiger partial charge in [-0.2, -0.15) is 0 Å². The lowest BCUT2D eigenvalue weighted by Gasteiger charge is -2.39. The molecule has 1 N–H and O–H groups in total. The van der Waals surface area contributed by atoms with Crippen LogP contribution in [0.5, 0.6) is 0 Å². The molecular formula is C17H15N3O2. The molecule has 1 aliphatic carbocycles. The van der Waals surface area contributed by atoms with Crippen molar-refractivity contribution >= 4 is 11.4 Å². The van der Waals surface area contributed by atoms with Crippen molar-refractivity contribution in [2.45, 2.75) is 31.3 Å². The van der Waals surface area contributed by atoms with Crippen LogP contribution in [0.2, 0.25) is 0 Å². The summed E-state index contributed by atoms with van der Waals surface area (Å²) in [5.74, 6) is 0.204. The van der Waals surface area contributed by atoms with Crippen molar-refractivity contribution in [3.8, 4) is 0 Å². The summed E-state index contributed by atoms with van der Waals surface area (Å²) in [4.78, 5) is 21.9. The second-order valence-corrected chi connectivity index (χ2v) is 5.92. The maximum absolute atomic E-state index is 11.0. The summed E-state index contributed by atoms with van der Waals surface area (Å²) in [6, 6.07) is 12.2. The summed E-state index contributed by atoms with van der Waals surface area (Å²) in [5, 5.41) is 9.51. The fraction of sp³-hybridized carbons (Fsp3) is 0.294. The van der Waals surface area contributed by atoms with Crippen LogP contribution in [0, 0.1) is 9.81 Å². The quantitative estimate of drug-likeness (QED) is 0.850. The Bertz CT molecular complexity index is 772. The van der Waals surface area contributed by atoms with Crippen LogP contribution in [0.3, 0.4) is 0 Å². The van der Waals surface area contributed by atoms with Crippen LogP contribution < -0.4 is 5.32 Å². The lowest BCUT2D eigenvalue weighted by Crippen LogP contribution is -2.42. The molecular weight excluding hydrogens is 278 g/mol. The molecule has 5 heteroatoms. The smallest absolute Gasteiger partial charge is 0.137 e. The van der Waals surface area contributed by atoms with Gasteiger partial charge in [-0.25, -0.2) is 0 Å². The number of nitroso groups, excluding NO2 is 2. The second-order valence-electron chi connectivity index (χ2n) is 5.92. The Morgan fingerprint density at radius 1 is 0.955 bits per heavy atom. The van der Waals surface area contributed by atoms with Crippen LogP contribution in [0.15, 0.2) is 46.8 Å². The molecule has 0 bridgehead atoms. The van der Waals surface area contributed by atoms with Crippen molar-refractivity contribution in [2.75, 3.05) is 0 Å². The standard InChI is InChI=1S/C17H15N3O2/c21-19-15-7-10-5-6-14-17(13(10)8-16(15)20-22)12-4-2-1-3-11(12)9-18-14/h1-4,7-8,14,17-18H,5-6,9H2. The third-order valence-electron chi connectivity index (χ3n) is 4.84. The summed E-state index contributed by atoms with van der Waals surface area (Å²) >= 11 is 0. The summed E-state index contributed by atoms with van der Waals surface area (Å²) in [7, 11) is 0. The average molecular weight is 293 g/mol. The van der Waals surface area contributed by atoms with Gasteiger partial charge >= 0.3 is 0 Å². The molecule has 0 saturated carbocycles. The van der Waals surface area contributed by atoms with Gasteiger partial charge in [-0.1, -0.05) is 24.3 Å². The van der Waals surface area contributed by atoms with Crippen molar-refractivity contribution in [3.05, 3.63) is 68.5 Å². The number of benzene rings is 2. The third-order valence-corrected chi connectivity index (χ3v) is 4.84. The van der Waals surface area contributed by atoms with E-state index < -0.39 is 0 Å². The molecule has 1 heterocycles. The van der Waals surface area contributed by atoms with Gasteiger partial charge in [0.2, 0.25) is 0 Å². The summed E-state index contributed by atoms with van der Waals surface area (Å²) in [6.07, 6.45) is 1.89. The molecule has 0 amide bonds. The monoisotopic (exact) mass is 293 g/mol. The van der Waals surface area contributed by atoms with Crippen molar-refractivity contribution in [3.63, 3.8) is 0 Å². The van der Waals surface area contributed by atoms with Gasteiger partial charge in [0.25, 0.3) is 0 Å². The molecule has 2 atom stereocenters. The van der Waals surface area contributed by atoms with E-state index in [1.807, 2.05) is 6.07 Å². The fourth-order valence-electron chi connectivity index (χ4n) is 3.83. The van der Waals surface area contributed by atoms with Gasteiger partial charge in [-0.05, 0) is 57.6 Å². The Kier molecular flexibility index (Phi) is 3.08. The molecule has 2 aliphatic rings. The zero-order chi connectivity index (χ0) is 15.1. The van der Waals surface area contributed by atoms with E-state index in [9.17, 15) is 9.81 Å². The van der Waals surface area contributed by atoms with Gasteiger partial charge in [0.15, 0.2) is 0 Å². The van der Waals surface area contributed by atoms with Gasteiger partial charge < -0.3 is 5.32 Å². The molecule has 5 nitrogen and oxygen atoms in total. The molecule has 0 radical (unpaired) electrons. The van der Waals surface area contributed by atoms with Crippen molar-refractivity contribution in [2.24, 2.45) is 10.4 Å². The number of nitrogens with one attached hydrogen (secondary N) is 1. The molecule has 0 fully saturated rings. The van der Waals surface area contributed by atoms with E-state index in [-0.39, 0.29) is 17.3 Å². The Labute approximate surface area is 127 Å². The number of hydrogen-bond acceptors (Lipinski definition) is 5. The van der Waals surface area contributed by atoms with E-state index in [1.165, 1.54) is 11.1 Å². The first-order chi connectivity index (χ1) is 10.8. The lowest BCUT2D eigenvalue weighted by molar-refractivity contribution is 0.394. The first kappa shape index (κ1) is 13.3. The minimum atomic E-state index is 0.137. The normalized spacial score (nSPS) is 22.2. The molecule has 22 heavy (non-hydrogen) atoms. The second kappa shape index (κ2) is 5.10.